The lowest BCUT2D eigenvalue weighted by Crippen LogP contribution is -2.39. The normalized spacial score (nSPS) is 19.6. The van der Waals surface area contributed by atoms with Gasteiger partial charge >= 0.3 is 0 Å². The van der Waals surface area contributed by atoms with Crippen molar-refractivity contribution in [3.05, 3.63) is 46.5 Å². The standard InChI is InChI=1S/C14H14BrF2N3/c1-20-8-18-19-13(20)12(10-6-14(16,17)7-10)9-3-2-4-11(15)5-9/h2-5,8,10,12H,6-7H2,1H3. The molecule has 2 aromatic rings. The van der Waals surface area contributed by atoms with Gasteiger partial charge in [0.2, 0.25) is 5.92 Å². The molecule has 1 fully saturated rings. The van der Waals surface area contributed by atoms with Crippen molar-refractivity contribution in [1.29, 1.82) is 0 Å². The highest BCUT2D eigenvalue weighted by atomic mass is 79.9. The molecule has 1 saturated carbocycles. The molecule has 0 radical (unpaired) electrons. The molecule has 0 saturated heterocycles. The number of benzene rings is 1. The average molecular weight is 342 g/mol. The molecule has 1 aromatic heterocycles. The van der Waals surface area contributed by atoms with Crippen LogP contribution in [0.1, 0.15) is 30.1 Å². The minimum absolute atomic E-state index is 0.0863. The van der Waals surface area contributed by atoms with Gasteiger partial charge in [0.05, 0.1) is 0 Å². The topological polar surface area (TPSA) is 30.7 Å². The number of nitrogens with zero attached hydrogens (tertiary/aromatic N) is 3. The third-order valence-corrected chi connectivity index (χ3v) is 4.32. The Balaban J connectivity index is 1.99. The van der Waals surface area contributed by atoms with Crippen molar-refractivity contribution in [2.75, 3.05) is 0 Å². The van der Waals surface area contributed by atoms with Crippen LogP contribution in [0.4, 0.5) is 8.78 Å². The van der Waals surface area contributed by atoms with E-state index in [1.165, 1.54) is 0 Å². The number of alkyl halides is 2. The first-order chi connectivity index (χ1) is 9.46. The van der Waals surface area contributed by atoms with E-state index in [-0.39, 0.29) is 24.7 Å². The first-order valence-corrected chi connectivity index (χ1v) is 7.23. The Labute approximate surface area is 124 Å². The fourth-order valence-electron chi connectivity index (χ4n) is 2.85. The number of aryl methyl sites for hydroxylation is 1. The predicted molar refractivity (Wildman–Crippen MR) is 74.7 cm³/mol. The van der Waals surface area contributed by atoms with Crippen molar-refractivity contribution in [2.24, 2.45) is 13.0 Å². The van der Waals surface area contributed by atoms with Crippen LogP contribution in [0.15, 0.2) is 35.1 Å². The number of hydrogen-bond donors (Lipinski definition) is 0. The minimum Gasteiger partial charge on any atom is -0.320 e. The average Bonchev–Trinajstić information content (AvgIpc) is 2.74. The molecule has 1 aliphatic rings. The van der Waals surface area contributed by atoms with E-state index in [4.69, 9.17) is 0 Å². The van der Waals surface area contributed by atoms with Crippen LogP contribution in [0.5, 0.6) is 0 Å². The van der Waals surface area contributed by atoms with Crippen molar-refractivity contribution in [1.82, 2.24) is 14.8 Å². The van der Waals surface area contributed by atoms with Crippen molar-refractivity contribution < 1.29 is 8.78 Å². The third kappa shape index (κ3) is 2.49. The molecule has 1 atom stereocenters. The molecule has 3 rings (SSSR count). The lowest BCUT2D eigenvalue weighted by atomic mass is 9.70. The van der Waals surface area contributed by atoms with Crippen LogP contribution in [0.25, 0.3) is 0 Å². The fraction of sp³-hybridized carbons (Fsp3) is 0.429. The van der Waals surface area contributed by atoms with Crippen LogP contribution >= 0.6 is 15.9 Å². The highest BCUT2D eigenvalue weighted by Gasteiger charge is 2.50. The van der Waals surface area contributed by atoms with E-state index in [2.05, 4.69) is 26.1 Å². The Bertz CT molecular complexity index is 618. The molecule has 20 heavy (non-hydrogen) atoms. The summed E-state index contributed by atoms with van der Waals surface area (Å²) in [5.41, 5.74) is 0.996. The first kappa shape index (κ1) is 13.7. The molecule has 0 spiro atoms. The molecule has 0 N–H and O–H groups in total. The van der Waals surface area contributed by atoms with Gasteiger partial charge in [-0.05, 0) is 23.6 Å². The Morgan fingerprint density at radius 1 is 1.40 bits per heavy atom. The van der Waals surface area contributed by atoms with Crippen molar-refractivity contribution >= 4 is 15.9 Å². The minimum atomic E-state index is -2.53. The van der Waals surface area contributed by atoms with Crippen LogP contribution in [0, 0.1) is 5.92 Å². The molecule has 0 amide bonds. The van der Waals surface area contributed by atoms with Gasteiger partial charge in [0.15, 0.2) is 0 Å². The number of halogens is 3. The molecule has 106 valence electrons. The number of rotatable bonds is 3. The Morgan fingerprint density at radius 2 is 2.15 bits per heavy atom. The Hall–Kier alpha value is -1.30. The van der Waals surface area contributed by atoms with E-state index in [1.807, 2.05) is 35.9 Å². The summed E-state index contributed by atoms with van der Waals surface area (Å²) in [5.74, 6) is -2.03. The summed E-state index contributed by atoms with van der Waals surface area (Å²) >= 11 is 3.43. The number of aromatic nitrogens is 3. The smallest absolute Gasteiger partial charge is 0.248 e. The van der Waals surface area contributed by atoms with Crippen molar-refractivity contribution in [3.63, 3.8) is 0 Å². The zero-order valence-electron chi connectivity index (χ0n) is 10.9. The van der Waals surface area contributed by atoms with E-state index in [0.29, 0.717) is 0 Å². The lowest BCUT2D eigenvalue weighted by Gasteiger charge is -2.39. The molecular formula is C14H14BrF2N3. The van der Waals surface area contributed by atoms with Crippen LogP contribution in [0.3, 0.4) is 0 Å². The SMILES string of the molecule is Cn1cnnc1C(c1cccc(Br)c1)C1CC(F)(F)C1. The van der Waals surface area contributed by atoms with Crippen LogP contribution < -0.4 is 0 Å². The second-order valence-electron chi connectivity index (χ2n) is 5.36. The van der Waals surface area contributed by atoms with Crippen LogP contribution in [-0.2, 0) is 7.05 Å². The molecule has 1 heterocycles. The third-order valence-electron chi connectivity index (χ3n) is 3.83. The van der Waals surface area contributed by atoms with Gasteiger partial charge in [0, 0.05) is 30.3 Å². The van der Waals surface area contributed by atoms with Crippen molar-refractivity contribution in [3.8, 4) is 0 Å². The number of hydrogen-bond acceptors (Lipinski definition) is 2. The van der Waals surface area contributed by atoms with Gasteiger partial charge in [0.25, 0.3) is 0 Å². The molecule has 0 bridgehead atoms. The molecule has 1 aliphatic carbocycles. The van der Waals surface area contributed by atoms with E-state index in [9.17, 15) is 8.78 Å². The maximum atomic E-state index is 13.2. The fourth-order valence-corrected chi connectivity index (χ4v) is 3.27. The van der Waals surface area contributed by atoms with Gasteiger partial charge in [0.1, 0.15) is 12.2 Å². The molecule has 1 aromatic carbocycles. The molecule has 3 nitrogen and oxygen atoms in total. The van der Waals surface area contributed by atoms with Crippen LogP contribution in [-0.4, -0.2) is 20.7 Å². The van der Waals surface area contributed by atoms with Gasteiger partial charge in [-0.2, -0.15) is 0 Å². The quantitative estimate of drug-likeness (QED) is 0.851. The molecular weight excluding hydrogens is 328 g/mol. The van der Waals surface area contributed by atoms with Crippen molar-refractivity contribution in [2.45, 2.75) is 24.7 Å². The molecule has 6 heteroatoms. The Morgan fingerprint density at radius 3 is 2.70 bits per heavy atom. The predicted octanol–water partition coefficient (Wildman–Crippen LogP) is 3.75. The zero-order chi connectivity index (χ0) is 14.3. The summed E-state index contributed by atoms with van der Waals surface area (Å²) < 4.78 is 29.2. The summed E-state index contributed by atoms with van der Waals surface area (Å²) in [6.07, 6.45) is 1.44. The second-order valence-corrected chi connectivity index (χ2v) is 6.27. The summed E-state index contributed by atoms with van der Waals surface area (Å²) in [6, 6.07) is 7.77. The summed E-state index contributed by atoms with van der Waals surface area (Å²) in [7, 11) is 1.84. The maximum absolute atomic E-state index is 13.2. The van der Waals surface area contributed by atoms with E-state index >= 15 is 0 Å². The monoisotopic (exact) mass is 341 g/mol. The van der Waals surface area contributed by atoms with Gasteiger partial charge in [-0.3, -0.25) is 0 Å². The molecule has 1 unspecified atom stereocenters. The Kier molecular flexibility index (Phi) is 3.36. The summed E-state index contributed by atoms with van der Waals surface area (Å²) in [4.78, 5) is 0. The first-order valence-electron chi connectivity index (χ1n) is 6.43. The van der Waals surface area contributed by atoms with Gasteiger partial charge in [-0.1, -0.05) is 28.1 Å². The van der Waals surface area contributed by atoms with E-state index < -0.39 is 5.92 Å². The van der Waals surface area contributed by atoms with E-state index in [0.717, 1.165) is 15.9 Å². The van der Waals surface area contributed by atoms with Crippen LogP contribution in [0.2, 0.25) is 0 Å². The zero-order valence-corrected chi connectivity index (χ0v) is 12.5. The van der Waals surface area contributed by atoms with Gasteiger partial charge in [-0.15, -0.1) is 10.2 Å². The maximum Gasteiger partial charge on any atom is 0.248 e. The van der Waals surface area contributed by atoms with Gasteiger partial charge in [-0.25, -0.2) is 8.78 Å². The van der Waals surface area contributed by atoms with E-state index in [1.54, 1.807) is 6.33 Å². The molecule has 0 aliphatic heterocycles. The highest BCUT2D eigenvalue weighted by molar-refractivity contribution is 9.10. The lowest BCUT2D eigenvalue weighted by molar-refractivity contribution is -0.114. The largest absolute Gasteiger partial charge is 0.320 e. The second kappa shape index (κ2) is 4.91. The van der Waals surface area contributed by atoms with Gasteiger partial charge < -0.3 is 4.57 Å². The summed E-state index contributed by atoms with van der Waals surface area (Å²) in [5, 5.41) is 8.01. The highest BCUT2D eigenvalue weighted by Crippen LogP contribution is 2.51. The summed E-state index contributed by atoms with van der Waals surface area (Å²) in [6.45, 7) is 0.